The minimum Gasteiger partial charge on any atom is -0.382 e. The Hall–Kier alpha value is -0.970. The maximum atomic E-state index is 13.7. The van der Waals surface area contributed by atoms with Gasteiger partial charge < -0.3 is 15.5 Å². The molecule has 0 unspecified atom stereocenters. The van der Waals surface area contributed by atoms with E-state index in [2.05, 4.69) is 42.4 Å². The van der Waals surface area contributed by atoms with Crippen molar-refractivity contribution in [3.63, 3.8) is 0 Å². The van der Waals surface area contributed by atoms with Gasteiger partial charge in [0.25, 0.3) is 0 Å². The molecular formula is C25H31BrClF3N4S. The number of alkyl halides is 3. The molecule has 0 radical (unpaired) electrons. The third kappa shape index (κ3) is 6.67. The molecule has 0 aromatic heterocycles. The standard InChI is InChI=1S/C25H30BrF3N4S.ClH/c26-19-2-1-17-13-21-22(14-18(25(27,28)29)15-24(21)34-23(17)16-19)31-20-3-7-32(8-4-20)11-12-33-9-5-30-6-10-33;/h1-2,14-16,20,30-31H,3-13H2;1H. The molecular weight excluding hydrogens is 561 g/mol. The fourth-order valence-electron chi connectivity index (χ4n) is 5.03. The largest absolute Gasteiger partial charge is 0.416 e. The lowest BCUT2D eigenvalue weighted by Crippen LogP contribution is -2.48. The molecule has 3 aliphatic rings. The normalized spacial score (nSPS) is 19.5. The van der Waals surface area contributed by atoms with E-state index in [0.717, 1.165) is 85.7 Å². The first kappa shape index (κ1) is 27.1. The summed E-state index contributed by atoms with van der Waals surface area (Å²) in [6.45, 7) is 8.46. The zero-order chi connectivity index (χ0) is 23.7. The highest BCUT2D eigenvalue weighted by atomic mass is 79.9. The van der Waals surface area contributed by atoms with Crippen LogP contribution in [0.25, 0.3) is 0 Å². The van der Waals surface area contributed by atoms with Gasteiger partial charge >= 0.3 is 6.18 Å². The first-order valence-corrected chi connectivity index (χ1v) is 13.6. The van der Waals surface area contributed by atoms with Gasteiger partial charge in [0.05, 0.1) is 5.56 Å². The van der Waals surface area contributed by atoms with Crippen LogP contribution in [0.15, 0.2) is 44.6 Å². The summed E-state index contributed by atoms with van der Waals surface area (Å²) in [5.41, 5.74) is 2.21. The first-order valence-electron chi connectivity index (χ1n) is 12.0. The minimum absolute atomic E-state index is 0. The first-order chi connectivity index (χ1) is 16.3. The van der Waals surface area contributed by atoms with Crippen LogP contribution < -0.4 is 10.6 Å². The quantitative estimate of drug-likeness (QED) is 0.396. The van der Waals surface area contributed by atoms with Gasteiger partial charge in [-0.3, -0.25) is 4.90 Å². The fraction of sp³-hybridized carbons (Fsp3) is 0.520. The predicted molar refractivity (Wildman–Crippen MR) is 142 cm³/mol. The summed E-state index contributed by atoms with van der Waals surface area (Å²) in [5, 5.41) is 6.91. The molecule has 2 fully saturated rings. The molecule has 0 spiro atoms. The number of rotatable bonds is 5. The van der Waals surface area contributed by atoms with Crippen molar-refractivity contribution >= 4 is 45.8 Å². The number of benzene rings is 2. The molecule has 2 saturated heterocycles. The summed E-state index contributed by atoms with van der Waals surface area (Å²) < 4.78 is 42.1. The molecule has 3 aliphatic heterocycles. The third-order valence-electron chi connectivity index (χ3n) is 7.04. The van der Waals surface area contributed by atoms with Gasteiger partial charge in [-0.15, -0.1) is 12.4 Å². The molecule has 2 aromatic rings. The lowest BCUT2D eigenvalue weighted by molar-refractivity contribution is -0.137. The van der Waals surface area contributed by atoms with Crippen LogP contribution in [0.4, 0.5) is 18.9 Å². The topological polar surface area (TPSA) is 30.5 Å². The average Bonchev–Trinajstić information content (AvgIpc) is 2.82. The van der Waals surface area contributed by atoms with Crippen molar-refractivity contribution in [2.24, 2.45) is 0 Å². The van der Waals surface area contributed by atoms with Gasteiger partial charge in [-0.25, -0.2) is 0 Å². The molecule has 0 atom stereocenters. The Morgan fingerprint density at radius 2 is 1.66 bits per heavy atom. The molecule has 10 heteroatoms. The van der Waals surface area contributed by atoms with Crippen molar-refractivity contribution in [1.82, 2.24) is 15.1 Å². The fourth-order valence-corrected chi connectivity index (χ4v) is 6.73. The highest BCUT2D eigenvalue weighted by molar-refractivity contribution is 9.10. The lowest BCUT2D eigenvalue weighted by atomic mass is 9.98. The molecule has 0 amide bonds. The molecule has 2 aromatic carbocycles. The van der Waals surface area contributed by atoms with E-state index in [4.69, 9.17) is 0 Å². The number of piperidine rings is 1. The van der Waals surface area contributed by atoms with Gasteiger partial charge in [0, 0.05) is 84.8 Å². The van der Waals surface area contributed by atoms with E-state index in [1.54, 1.807) is 0 Å². The average molecular weight is 592 g/mol. The molecule has 192 valence electrons. The number of halogens is 5. The van der Waals surface area contributed by atoms with Crippen molar-refractivity contribution in [2.75, 3.05) is 57.7 Å². The van der Waals surface area contributed by atoms with Gasteiger partial charge in [-0.05, 0) is 48.2 Å². The second-order valence-electron chi connectivity index (χ2n) is 9.38. The van der Waals surface area contributed by atoms with Crippen LogP contribution in [-0.2, 0) is 12.6 Å². The molecule has 4 nitrogen and oxygen atoms in total. The van der Waals surface area contributed by atoms with Crippen LogP contribution in [0.2, 0.25) is 0 Å². The van der Waals surface area contributed by atoms with E-state index in [-0.39, 0.29) is 18.4 Å². The zero-order valence-corrected chi connectivity index (χ0v) is 22.7. The number of hydrogen-bond acceptors (Lipinski definition) is 5. The highest BCUT2D eigenvalue weighted by Crippen LogP contribution is 2.46. The Kier molecular flexibility index (Phi) is 8.98. The number of hydrogen-bond donors (Lipinski definition) is 2. The summed E-state index contributed by atoms with van der Waals surface area (Å²) in [6.07, 6.45) is -1.82. The van der Waals surface area contributed by atoms with Gasteiger partial charge in [-0.1, -0.05) is 33.8 Å². The molecule has 35 heavy (non-hydrogen) atoms. The summed E-state index contributed by atoms with van der Waals surface area (Å²) in [4.78, 5) is 6.72. The van der Waals surface area contributed by atoms with E-state index in [1.807, 2.05) is 12.1 Å². The van der Waals surface area contributed by atoms with Crippen LogP contribution in [-0.4, -0.2) is 68.2 Å². The maximum absolute atomic E-state index is 13.7. The summed E-state index contributed by atoms with van der Waals surface area (Å²) in [5.74, 6) is 0. The minimum atomic E-state index is -4.36. The van der Waals surface area contributed by atoms with Gasteiger partial charge in [0.1, 0.15) is 0 Å². The van der Waals surface area contributed by atoms with Crippen LogP contribution in [0.5, 0.6) is 0 Å². The van der Waals surface area contributed by atoms with Crippen LogP contribution in [0.1, 0.15) is 29.5 Å². The van der Waals surface area contributed by atoms with Crippen molar-refractivity contribution in [1.29, 1.82) is 0 Å². The molecule has 0 aliphatic carbocycles. The highest BCUT2D eigenvalue weighted by Gasteiger charge is 2.34. The van der Waals surface area contributed by atoms with E-state index in [0.29, 0.717) is 17.0 Å². The van der Waals surface area contributed by atoms with Crippen molar-refractivity contribution in [3.05, 3.63) is 51.5 Å². The Morgan fingerprint density at radius 1 is 0.971 bits per heavy atom. The molecule has 3 heterocycles. The number of likely N-dealkylation sites (tertiary alicyclic amines) is 1. The van der Waals surface area contributed by atoms with Gasteiger partial charge in [0.15, 0.2) is 0 Å². The van der Waals surface area contributed by atoms with Crippen molar-refractivity contribution < 1.29 is 13.2 Å². The van der Waals surface area contributed by atoms with Crippen LogP contribution >= 0.6 is 40.1 Å². The van der Waals surface area contributed by atoms with E-state index in [9.17, 15) is 13.2 Å². The maximum Gasteiger partial charge on any atom is 0.416 e. The SMILES string of the molecule is Cl.FC(F)(F)c1cc(NC2CCN(CCN3CCNCC3)CC2)c2c(c1)Sc1cc(Br)ccc1C2. The van der Waals surface area contributed by atoms with Gasteiger partial charge in [-0.2, -0.15) is 13.2 Å². The van der Waals surface area contributed by atoms with Crippen molar-refractivity contribution in [3.8, 4) is 0 Å². The molecule has 2 N–H and O–H groups in total. The number of anilines is 1. The lowest BCUT2D eigenvalue weighted by Gasteiger charge is -2.36. The van der Waals surface area contributed by atoms with E-state index in [1.165, 1.54) is 23.9 Å². The monoisotopic (exact) mass is 590 g/mol. The second-order valence-corrected chi connectivity index (χ2v) is 11.4. The second kappa shape index (κ2) is 11.6. The number of piperazine rings is 1. The summed E-state index contributed by atoms with van der Waals surface area (Å²) in [6, 6.07) is 8.88. The number of nitrogens with zero attached hydrogens (tertiary/aromatic N) is 2. The molecule has 5 rings (SSSR count). The third-order valence-corrected chi connectivity index (χ3v) is 8.72. The van der Waals surface area contributed by atoms with Crippen molar-refractivity contribution in [2.45, 2.75) is 41.3 Å². The van der Waals surface area contributed by atoms with Gasteiger partial charge in [0.2, 0.25) is 0 Å². The molecule has 0 saturated carbocycles. The summed E-state index contributed by atoms with van der Waals surface area (Å²) >= 11 is 4.92. The van der Waals surface area contributed by atoms with Crippen LogP contribution in [0.3, 0.4) is 0 Å². The zero-order valence-electron chi connectivity index (χ0n) is 19.5. The number of fused-ring (bicyclic) bond motifs is 2. The smallest absolute Gasteiger partial charge is 0.382 e. The summed E-state index contributed by atoms with van der Waals surface area (Å²) in [7, 11) is 0. The Morgan fingerprint density at radius 3 is 2.34 bits per heavy atom. The Labute approximate surface area is 223 Å². The van der Waals surface area contributed by atoms with E-state index < -0.39 is 11.7 Å². The Balaban J connectivity index is 0.00000289. The molecule has 0 bridgehead atoms. The number of nitrogens with one attached hydrogen (secondary N) is 2. The predicted octanol–water partition coefficient (Wildman–Crippen LogP) is 5.73. The van der Waals surface area contributed by atoms with E-state index >= 15 is 0 Å². The Bertz CT molecular complexity index is 1020. The van der Waals surface area contributed by atoms with Crippen LogP contribution in [0, 0.1) is 0 Å².